The van der Waals surface area contributed by atoms with Gasteiger partial charge in [-0.15, -0.1) is 0 Å². The Balaban J connectivity index is 1.54. The highest BCUT2D eigenvalue weighted by Crippen LogP contribution is 2.30. The van der Waals surface area contributed by atoms with Crippen LogP contribution in [0.1, 0.15) is 47.9 Å². The van der Waals surface area contributed by atoms with E-state index in [-0.39, 0.29) is 48.8 Å². The Morgan fingerprint density at radius 1 is 1.19 bits per heavy atom. The first-order chi connectivity index (χ1) is 15.5. The highest BCUT2D eigenvalue weighted by atomic mass is 19.1. The molecule has 2 aliphatic heterocycles. The molecule has 2 aliphatic rings. The van der Waals surface area contributed by atoms with Gasteiger partial charge in [-0.3, -0.25) is 14.4 Å². The van der Waals surface area contributed by atoms with Crippen molar-refractivity contribution in [3.05, 3.63) is 63.1 Å². The largest absolute Gasteiger partial charge is 0.375 e. The second kappa shape index (κ2) is 9.60. The van der Waals surface area contributed by atoms with Crippen LogP contribution in [0, 0.1) is 5.82 Å². The van der Waals surface area contributed by atoms with Crippen molar-refractivity contribution in [2.75, 3.05) is 26.8 Å². The lowest BCUT2D eigenvalue weighted by Gasteiger charge is -2.36. The molecule has 0 radical (unpaired) electrons. The van der Waals surface area contributed by atoms with Gasteiger partial charge in [0.1, 0.15) is 18.2 Å². The number of piperidine rings is 1. The van der Waals surface area contributed by atoms with Gasteiger partial charge in [-0.2, -0.15) is 0 Å². The van der Waals surface area contributed by atoms with Gasteiger partial charge in [-0.1, -0.05) is 12.1 Å². The van der Waals surface area contributed by atoms with Crippen molar-refractivity contribution < 1.29 is 18.7 Å². The van der Waals surface area contributed by atoms with E-state index >= 15 is 0 Å². The van der Waals surface area contributed by atoms with Gasteiger partial charge in [0.2, 0.25) is 11.8 Å². The molecule has 1 N–H and O–H groups in total. The summed E-state index contributed by atoms with van der Waals surface area (Å²) in [6, 6.07) is 5.62. The number of nitrogens with one attached hydrogen (secondary N) is 1. The van der Waals surface area contributed by atoms with E-state index < -0.39 is 0 Å². The average Bonchev–Trinajstić information content (AvgIpc) is 2.80. The minimum absolute atomic E-state index is 0.0219. The number of rotatable bonds is 5. The summed E-state index contributed by atoms with van der Waals surface area (Å²) in [7, 11) is 1.46. The highest BCUT2D eigenvalue weighted by molar-refractivity contribution is 5.79. The van der Waals surface area contributed by atoms with Gasteiger partial charge in [0.05, 0.1) is 30.3 Å². The van der Waals surface area contributed by atoms with Crippen LogP contribution in [-0.2, 0) is 33.7 Å². The van der Waals surface area contributed by atoms with Crippen molar-refractivity contribution in [2.24, 2.45) is 0 Å². The van der Waals surface area contributed by atoms with E-state index in [9.17, 15) is 18.8 Å². The lowest BCUT2D eigenvalue weighted by molar-refractivity contribution is -0.136. The van der Waals surface area contributed by atoms with Crippen LogP contribution in [0.25, 0.3) is 0 Å². The molecule has 9 heteroatoms. The fourth-order valence-electron chi connectivity index (χ4n) is 4.42. The molecule has 4 rings (SSSR count). The SMILES string of the molecule is COCC(=O)N1CCc2nc([C@H]3CCCCN3C(=O)Cc3ccc(F)cc3)[nH]c(=O)c2C1. The summed E-state index contributed by atoms with van der Waals surface area (Å²) in [5.41, 5.74) is 1.65. The van der Waals surface area contributed by atoms with Crippen molar-refractivity contribution >= 4 is 11.8 Å². The number of methoxy groups -OCH3 is 1. The molecule has 3 heterocycles. The maximum atomic E-state index is 13.2. The third-order valence-corrected chi connectivity index (χ3v) is 6.11. The molecule has 1 fully saturated rings. The number of fused-ring (bicyclic) bond motifs is 1. The third kappa shape index (κ3) is 4.72. The van der Waals surface area contributed by atoms with E-state index in [0.717, 1.165) is 24.8 Å². The van der Waals surface area contributed by atoms with Crippen LogP contribution in [0.15, 0.2) is 29.1 Å². The maximum absolute atomic E-state index is 13.2. The number of H-pyrrole nitrogens is 1. The van der Waals surface area contributed by atoms with Crippen LogP contribution in [0.2, 0.25) is 0 Å². The van der Waals surface area contributed by atoms with Gasteiger partial charge in [-0.05, 0) is 37.0 Å². The maximum Gasteiger partial charge on any atom is 0.256 e. The summed E-state index contributed by atoms with van der Waals surface area (Å²) in [5, 5.41) is 0. The van der Waals surface area contributed by atoms with Gasteiger partial charge in [0, 0.05) is 26.6 Å². The number of aromatic nitrogens is 2. The minimum atomic E-state index is -0.338. The Hall–Kier alpha value is -3.07. The lowest BCUT2D eigenvalue weighted by Crippen LogP contribution is -2.43. The molecule has 0 aliphatic carbocycles. The number of hydrogen-bond acceptors (Lipinski definition) is 5. The average molecular weight is 442 g/mol. The van der Waals surface area contributed by atoms with Gasteiger partial charge in [0.25, 0.3) is 5.56 Å². The van der Waals surface area contributed by atoms with Gasteiger partial charge >= 0.3 is 0 Å². The quantitative estimate of drug-likeness (QED) is 0.761. The summed E-state index contributed by atoms with van der Waals surface area (Å²) >= 11 is 0. The number of likely N-dealkylation sites (tertiary alicyclic amines) is 1. The smallest absolute Gasteiger partial charge is 0.256 e. The summed E-state index contributed by atoms with van der Waals surface area (Å²) in [5.74, 6) is -0.0718. The van der Waals surface area contributed by atoms with Crippen molar-refractivity contribution in [1.82, 2.24) is 19.8 Å². The predicted octanol–water partition coefficient (Wildman–Crippen LogP) is 1.74. The Labute approximate surface area is 185 Å². The molecule has 0 saturated carbocycles. The summed E-state index contributed by atoms with van der Waals surface area (Å²) in [6.07, 6.45) is 3.19. The summed E-state index contributed by atoms with van der Waals surface area (Å²) < 4.78 is 18.1. The van der Waals surface area contributed by atoms with E-state index in [1.165, 1.54) is 19.2 Å². The fourth-order valence-corrected chi connectivity index (χ4v) is 4.42. The van der Waals surface area contributed by atoms with E-state index in [1.807, 2.05) is 0 Å². The molecule has 2 aromatic rings. The van der Waals surface area contributed by atoms with Gasteiger partial charge in [0.15, 0.2) is 0 Å². The minimum Gasteiger partial charge on any atom is -0.375 e. The first-order valence-electron chi connectivity index (χ1n) is 10.9. The van der Waals surface area contributed by atoms with Crippen molar-refractivity contribution in [3.8, 4) is 0 Å². The van der Waals surface area contributed by atoms with Crippen LogP contribution < -0.4 is 5.56 Å². The summed E-state index contributed by atoms with van der Waals surface area (Å²) in [6.45, 7) is 1.25. The molecular formula is C23H27FN4O4. The van der Waals surface area contributed by atoms with Crippen LogP contribution in [0.3, 0.4) is 0 Å². The van der Waals surface area contributed by atoms with Crippen LogP contribution in [0.4, 0.5) is 4.39 Å². The number of hydrogen-bond donors (Lipinski definition) is 1. The number of halogens is 1. The zero-order valence-electron chi connectivity index (χ0n) is 18.1. The second-order valence-electron chi connectivity index (χ2n) is 8.28. The fraction of sp³-hybridized carbons (Fsp3) is 0.478. The molecular weight excluding hydrogens is 415 g/mol. The number of carbonyl (C=O) groups excluding carboxylic acids is 2. The number of amides is 2. The molecule has 8 nitrogen and oxygen atoms in total. The van der Waals surface area contributed by atoms with E-state index in [4.69, 9.17) is 9.72 Å². The topological polar surface area (TPSA) is 95.6 Å². The van der Waals surface area contributed by atoms with Crippen LogP contribution in [0.5, 0.6) is 0 Å². The third-order valence-electron chi connectivity index (χ3n) is 6.11. The predicted molar refractivity (Wildman–Crippen MR) is 114 cm³/mol. The molecule has 0 spiro atoms. The van der Waals surface area contributed by atoms with Gasteiger partial charge in [-0.25, -0.2) is 9.37 Å². The normalized spacial score (nSPS) is 18.4. The highest BCUT2D eigenvalue weighted by Gasteiger charge is 2.32. The van der Waals surface area contributed by atoms with E-state index in [1.54, 1.807) is 21.9 Å². The van der Waals surface area contributed by atoms with Crippen molar-refractivity contribution in [2.45, 2.75) is 44.7 Å². The monoisotopic (exact) mass is 442 g/mol. The molecule has 1 saturated heterocycles. The second-order valence-corrected chi connectivity index (χ2v) is 8.28. The van der Waals surface area contributed by atoms with Crippen molar-refractivity contribution in [3.63, 3.8) is 0 Å². The van der Waals surface area contributed by atoms with Gasteiger partial charge < -0.3 is 19.5 Å². The number of benzene rings is 1. The van der Waals surface area contributed by atoms with Crippen molar-refractivity contribution in [1.29, 1.82) is 0 Å². The van der Waals surface area contributed by atoms with E-state index in [2.05, 4.69) is 4.98 Å². The zero-order chi connectivity index (χ0) is 22.7. The standard InChI is InChI=1S/C23H27FN4O4/c1-32-14-21(30)27-11-9-18-17(13-27)23(31)26-22(25-18)19-4-2-3-10-28(19)20(29)12-15-5-7-16(24)8-6-15/h5-8,19H,2-4,9-14H2,1H3,(H,25,26,31)/t19-/m1/s1. The molecule has 170 valence electrons. The van der Waals surface area contributed by atoms with E-state index in [0.29, 0.717) is 36.6 Å². The summed E-state index contributed by atoms with van der Waals surface area (Å²) in [4.78, 5) is 49.0. The Morgan fingerprint density at radius 2 is 1.97 bits per heavy atom. The van der Waals surface area contributed by atoms with Crippen LogP contribution in [-0.4, -0.2) is 58.4 Å². The zero-order valence-corrected chi connectivity index (χ0v) is 18.1. The molecule has 0 unspecified atom stereocenters. The molecule has 1 atom stereocenters. The first kappa shape index (κ1) is 22.1. The molecule has 1 aromatic heterocycles. The number of ether oxygens (including phenoxy) is 1. The molecule has 32 heavy (non-hydrogen) atoms. The molecule has 0 bridgehead atoms. The Kier molecular flexibility index (Phi) is 6.64. The van der Waals surface area contributed by atoms with Crippen LogP contribution >= 0.6 is 0 Å². The number of nitrogens with zero attached hydrogens (tertiary/aromatic N) is 3. The lowest BCUT2D eigenvalue weighted by atomic mass is 9.99. The molecule has 2 amide bonds. The number of aromatic amines is 1. The Bertz CT molecular complexity index is 1050. The first-order valence-corrected chi connectivity index (χ1v) is 10.9. The number of carbonyl (C=O) groups is 2. The molecule has 1 aromatic carbocycles. The Morgan fingerprint density at radius 3 is 2.72 bits per heavy atom.